The molecule has 0 rings (SSSR count). The van der Waals surface area contributed by atoms with E-state index in [9.17, 15) is 0 Å². The second-order valence-corrected chi connectivity index (χ2v) is 1.63. The Bertz CT molecular complexity index is 63.2. The van der Waals surface area contributed by atoms with Crippen molar-refractivity contribution in [3.05, 3.63) is 0 Å². The molecule has 0 spiro atoms. The molecule has 0 aromatic rings. The van der Waals surface area contributed by atoms with Gasteiger partial charge in [-0.1, -0.05) is 0 Å². The van der Waals surface area contributed by atoms with Crippen molar-refractivity contribution in [2.24, 2.45) is 0 Å². The van der Waals surface area contributed by atoms with Gasteiger partial charge in [-0.2, -0.15) is 0 Å². The van der Waals surface area contributed by atoms with Gasteiger partial charge < -0.3 is 19.8 Å². The molecule has 0 unspecified atom stereocenters. The number of rotatable bonds is 5. The van der Waals surface area contributed by atoms with Crippen LogP contribution >= 0.6 is 0 Å². The second kappa shape index (κ2) is 10.5. The molecule has 0 aromatic heterocycles. The maximum atomic E-state index is 8.25. The summed E-state index contributed by atoms with van der Waals surface area (Å²) in [6.45, 7) is 0.392. The molecule has 0 fully saturated rings. The first-order chi connectivity index (χ1) is 4.27. The zero-order chi connectivity index (χ0) is 7.11. The molecule has 3 N–H and O–H groups in total. The molecule has 0 heterocycles. The molecule has 0 aromatic carbocycles. The molecule has 0 atom stereocenters. The molecule has 0 bridgehead atoms. The first-order valence-corrected chi connectivity index (χ1v) is 2.86. The third kappa shape index (κ3) is 12.2. The first kappa shape index (κ1) is 14.1. The fourth-order valence-electron chi connectivity index (χ4n) is 0.403. The molecular formula is C4H12BKO4. The summed E-state index contributed by atoms with van der Waals surface area (Å²) in [4.78, 5) is 0. The van der Waals surface area contributed by atoms with E-state index in [0.717, 1.165) is 0 Å². The Labute approximate surface area is 103 Å². The van der Waals surface area contributed by atoms with Gasteiger partial charge in [-0.3, -0.25) is 0 Å². The fraction of sp³-hybridized carbons (Fsp3) is 1.00. The summed E-state index contributed by atoms with van der Waals surface area (Å²) in [6, 6.07) is 0. The summed E-state index contributed by atoms with van der Waals surface area (Å²) in [7, 11) is -1.68. The number of aliphatic hydroxyl groups excluding tert-OH is 1. The van der Waals surface area contributed by atoms with Crippen molar-refractivity contribution < 1.29 is 19.8 Å². The van der Waals surface area contributed by atoms with Crippen LogP contribution in [-0.4, -0.2) is 87.1 Å². The monoisotopic (exact) mass is 174 g/mol. The third-order valence-electron chi connectivity index (χ3n) is 0.819. The molecule has 0 amide bonds. The Kier molecular flexibility index (Phi) is 14.8. The van der Waals surface area contributed by atoms with Gasteiger partial charge in [0, 0.05) is 13.2 Å². The van der Waals surface area contributed by atoms with Gasteiger partial charge in [-0.15, -0.1) is 0 Å². The van der Waals surface area contributed by atoms with Gasteiger partial charge in [0.15, 0.2) is 0 Å². The number of hydrogen-bond donors (Lipinski definition) is 3. The Morgan fingerprint density at radius 1 is 1.20 bits per heavy atom. The van der Waals surface area contributed by atoms with Crippen molar-refractivity contribution in [2.75, 3.05) is 13.2 Å². The normalized spacial score (nSPS) is 8.70. The van der Waals surface area contributed by atoms with Gasteiger partial charge in [0.1, 0.15) is 0 Å². The van der Waals surface area contributed by atoms with Gasteiger partial charge in [0.2, 0.25) is 0 Å². The second-order valence-electron chi connectivity index (χ2n) is 1.63. The quantitative estimate of drug-likeness (QED) is 0.336. The van der Waals surface area contributed by atoms with Gasteiger partial charge in [0.25, 0.3) is 0 Å². The van der Waals surface area contributed by atoms with E-state index in [4.69, 9.17) is 15.2 Å². The van der Waals surface area contributed by atoms with Gasteiger partial charge >= 0.3 is 58.7 Å². The number of aliphatic hydroxyl groups is 1. The van der Waals surface area contributed by atoms with E-state index >= 15 is 0 Å². The number of unbranched alkanes of at least 4 members (excludes halogenated alkanes) is 1. The van der Waals surface area contributed by atoms with Crippen LogP contribution in [0.4, 0.5) is 0 Å². The average molecular weight is 174 g/mol. The Balaban J connectivity index is 0. The van der Waals surface area contributed by atoms with E-state index in [2.05, 4.69) is 4.65 Å². The molecule has 0 radical (unpaired) electrons. The van der Waals surface area contributed by atoms with Crippen molar-refractivity contribution >= 4 is 58.7 Å². The topological polar surface area (TPSA) is 69.9 Å². The summed E-state index contributed by atoms with van der Waals surface area (Å²) < 4.78 is 4.34. The van der Waals surface area contributed by atoms with E-state index < -0.39 is 7.32 Å². The molecule has 10 heavy (non-hydrogen) atoms. The summed E-state index contributed by atoms with van der Waals surface area (Å²) >= 11 is 0. The fourth-order valence-corrected chi connectivity index (χ4v) is 0.403. The average Bonchev–Trinajstić information content (AvgIpc) is 1.80. The molecule has 0 aliphatic carbocycles. The van der Waals surface area contributed by atoms with E-state index in [1.54, 1.807) is 0 Å². The standard InChI is InChI=1S/C4H11BO4.K.H/c6-3-1-2-4-9-5(7)8;;/h6-8H,1-4H2;;. The summed E-state index contributed by atoms with van der Waals surface area (Å²) in [5.41, 5.74) is 0. The molecule has 56 valence electrons. The first-order valence-electron chi connectivity index (χ1n) is 2.86. The number of hydrogen-bond acceptors (Lipinski definition) is 4. The van der Waals surface area contributed by atoms with E-state index in [-0.39, 0.29) is 64.6 Å². The zero-order valence-electron chi connectivity index (χ0n) is 5.16. The van der Waals surface area contributed by atoms with Crippen LogP contribution in [0.2, 0.25) is 0 Å². The summed E-state index contributed by atoms with van der Waals surface area (Å²) in [5, 5.41) is 24.5. The predicted octanol–water partition coefficient (Wildman–Crippen LogP) is -1.90. The predicted molar refractivity (Wildman–Crippen MR) is 39.6 cm³/mol. The summed E-state index contributed by atoms with van der Waals surface area (Å²) in [5.74, 6) is 0. The molecular weight excluding hydrogens is 162 g/mol. The van der Waals surface area contributed by atoms with Crippen LogP contribution in [0.1, 0.15) is 12.8 Å². The minimum atomic E-state index is -1.68. The van der Waals surface area contributed by atoms with E-state index in [1.165, 1.54) is 0 Å². The SMILES string of the molecule is OCCCCOB(O)O.[KH]. The molecule has 4 nitrogen and oxygen atoms in total. The van der Waals surface area contributed by atoms with Crippen LogP contribution < -0.4 is 0 Å². The van der Waals surface area contributed by atoms with Crippen molar-refractivity contribution in [3.8, 4) is 0 Å². The third-order valence-corrected chi connectivity index (χ3v) is 0.819. The van der Waals surface area contributed by atoms with Crippen molar-refractivity contribution in [1.82, 2.24) is 0 Å². The Hall–Kier alpha value is 1.54. The van der Waals surface area contributed by atoms with E-state index in [1.807, 2.05) is 0 Å². The summed E-state index contributed by atoms with van der Waals surface area (Å²) in [6.07, 6.45) is 1.28. The zero-order valence-corrected chi connectivity index (χ0v) is 5.16. The van der Waals surface area contributed by atoms with Crippen LogP contribution in [-0.2, 0) is 4.65 Å². The Morgan fingerprint density at radius 3 is 2.20 bits per heavy atom. The van der Waals surface area contributed by atoms with E-state index in [0.29, 0.717) is 12.8 Å². The van der Waals surface area contributed by atoms with Crippen LogP contribution in [0.25, 0.3) is 0 Å². The van der Waals surface area contributed by atoms with Gasteiger partial charge in [-0.25, -0.2) is 0 Å². The van der Waals surface area contributed by atoms with Crippen LogP contribution in [0.3, 0.4) is 0 Å². The van der Waals surface area contributed by atoms with Crippen molar-refractivity contribution in [2.45, 2.75) is 12.8 Å². The van der Waals surface area contributed by atoms with Gasteiger partial charge in [-0.05, 0) is 12.8 Å². The van der Waals surface area contributed by atoms with Crippen LogP contribution in [0.5, 0.6) is 0 Å². The van der Waals surface area contributed by atoms with Crippen molar-refractivity contribution in [1.29, 1.82) is 0 Å². The van der Waals surface area contributed by atoms with Crippen molar-refractivity contribution in [3.63, 3.8) is 0 Å². The molecule has 0 saturated heterocycles. The maximum absolute atomic E-state index is 8.25. The Morgan fingerprint density at radius 2 is 1.80 bits per heavy atom. The minimum absolute atomic E-state index is 0. The van der Waals surface area contributed by atoms with Crippen LogP contribution in [0.15, 0.2) is 0 Å². The molecule has 0 saturated carbocycles. The molecule has 0 aliphatic rings. The molecule has 0 aliphatic heterocycles. The van der Waals surface area contributed by atoms with Gasteiger partial charge in [0.05, 0.1) is 0 Å². The molecule has 6 heteroatoms. The van der Waals surface area contributed by atoms with Crippen LogP contribution in [0, 0.1) is 0 Å².